The van der Waals surface area contributed by atoms with Crippen molar-refractivity contribution in [3.05, 3.63) is 24.3 Å². The van der Waals surface area contributed by atoms with Crippen LogP contribution < -0.4 is 14.8 Å². The Balaban J connectivity index is 1.41. The van der Waals surface area contributed by atoms with Crippen LogP contribution >= 0.6 is 0 Å². The highest BCUT2D eigenvalue weighted by Gasteiger charge is 2.28. The molecule has 3 amide bonds. The van der Waals surface area contributed by atoms with E-state index in [1.807, 2.05) is 21.9 Å². The Labute approximate surface area is 165 Å². The number of likely N-dealkylation sites (tertiary alicyclic amines) is 1. The summed E-state index contributed by atoms with van der Waals surface area (Å²) in [5.41, 5.74) is 0. The molecule has 2 saturated heterocycles. The number of hydrogen-bond donors (Lipinski definition) is 1. The molecule has 0 radical (unpaired) electrons. The zero-order valence-corrected chi connectivity index (χ0v) is 16.4. The van der Waals surface area contributed by atoms with Crippen molar-refractivity contribution in [3.63, 3.8) is 0 Å². The van der Waals surface area contributed by atoms with E-state index in [4.69, 9.17) is 14.2 Å². The van der Waals surface area contributed by atoms with Gasteiger partial charge in [0.2, 0.25) is 0 Å². The number of carbonyl (C=O) groups excluding carboxylic acids is 2. The number of carbonyl (C=O) groups is 2. The molecule has 1 atom stereocenters. The van der Waals surface area contributed by atoms with E-state index in [-0.39, 0.29) is 24.5 Å². The van der Waals surface area contributed by atoms with Gasteiger partial charge < -0.3 is 29.3 Å². The number of urea groups is 1. The second kappa shape index (κ2) is 10.2. The van der Waals surface area contributed by atoms with Gasteiger partial charge in [-0.15, -0.1) is 0 Å². The van der Waals surface area contributed by atoms with Gasteiger partial charge in [-0.25, -0.2) is 4.79 Å². The van der Waals surface area contributed by atoms with Crippen molar-refractivity contribution in [1.82, 2.24) is 15.1 Å². The maximum absolute atomic E-state index is 12.6. The van der Waals surface area contributed by atoms with Gasteiger partial charge in [0.1, 0.15) is 0 Å². The summed E-state index contributed by atoms with van der Waals surface area (Å²) in [5, 5.41) is 2.92. The van der Waals surface area contributed by atoms with Crippen molar-refractivity contribution in [2.24, 2.45) is 5.92 Å². The summed E-state index contributed by atoms with van der Waals surface area (Å²) >= 11 is 0. The molecule has 3 rings (SSSR count). The summed E-state index contributed by atoms with van der Waals surface area (Å²) in [7, 11) is 1.56. The largest absolute Gasteiger partial charge is 0.493 e. The summed E-state index contributed by atoms with van der Waals surface area (Å²) < 4.78 is 16.1. The van der Waals surface area contributed by atoms with Crippen LogP contribution in [-0.4, -0.2) is 81.4 Å². The average molecular weight is 391 g/mol. The lowest BCUT2D eigenvalue weighted by Crippen LogP contribution is -2.52. The van der Waals surface area contributed by atoms with E-state index in [1.54, 1.807) is 19.2 Å². The quantitative estimate of drug-likeness (QED) is 0.792. The predicted molar refractivity (Wildman–Crippen MR) is 104 cm³/mol. The van der Waals surface area contributed by atoms with Crippen molar-refractivity contribution in [2.45, 2.75) is 12.8 Å². The van der Waals surface area contributed by atoms with E-state index < -0.39 is 0 Å². The Morgan fingerprint density at radius 3 is 2.64 bits per heavy atom. The first-order valence-corrected chi connectivity index (χ1v) is 9.81. The Kier molecular flexibility index (Phi) is 7.36. The van der Waals surface area contributed by atoms with Crippen LogP contribution in [-0.2, 0) is 9.53 Å². The number of piperidine rings is 1. The molecule has 0 bridgehead atoms. The maximum Gasteiger partial charge on any atom is 0.320 e. The van der Waals surface area contributed by atoms with E-state index in [0.717, 1.165) is 19.4 Å². The Hall–Kier alpha value is -2.48. The normalized spacial score (nSPS) is 19.8. The molecule has 8 heteroatoms. The number of benzene rings is 1. The molecule has 1 unspecified atom stereocenters. The van der Waals surface area contributed by atoms with Gasteiger partial charge in [-0.3, -0.25) is 4.79 Å². The number of rotatable bonds is 6. The second-order valence-electron chi connectivity index (χ2n) is 7.08. The van der Waals surface area contributed by atoms with Crippen LogP contribution in [0.25, 0.3) is 0 Å². The average Bonchev–Trinajstić information content (AvgIpc) is 2.76. The highest BCUT2D eigenvalue weighted by Crippen LogP contribution is 2.25. The molecule has 0 aromatic heterocycles. The van der Waals surface area contributed by atoms with E-state index in [2.05, 4.69) is 5.32 Å². The molecule has 2 aliphatic heterocycles. The van der Waals surface area contributed by atoms with Crippen LogP contribution in [0.3, 0.4) is 0 Å². The van der Waals surface area contributed by atoms with E-state index >= 15 is 0 Å². The summed E-state index contributed by atoms with van der Waals surface area (Å²) in [4.78, 5) is 28.5. The standard InChI is InChI=1S/C20H29N3O5/c1-26-17-6-2-3-7-18(17)28-15-19(24)21-13-16-5-4-8-23(14-16)20(25)22-9-11-27-12-10-22/h2-3,6-7,16H,4-5,8-15H2,1H3,(H,21,24). The Morgan fingerprint density at radius 1 is 1.14 bits per heavy atom. The van der Waals surface area contributed by atoms with Gasteiger partial charge in [-0.05, 0) is 30.9 Å². The lowest BCUT2D eigenvalue weighted by atomic mass is 9.98. The SMILES string of the molecule is COc1ccccc1OCC(=O)NCC1CCCN(C(=O)N2CCOCC2)C1. The van der Waals surface area contributed by atoms with Gasteiger partial charge in [0.15, 0.2) is 18.1 Å². The summed E-state index contributed by atoms with van der Waals surface area (Å²) in [6, 6.07) is 7.31. The molecule has 2 fully saturated rings. The molecule has 0 aliphatic carbocycles. The molecule has 154 valence electrons. The van der Waals surface area contributed by atoms with Crippen LogP contribution in [0, 0.1) is 5.92 Å². The number of nitrogens with zero attached hydrogens (tertiary/aromatic N) is 2. The summed E-state index contributed by atoms with van der Waals surface area (Å²) in [6.45, 7) is 4.43. The van der Waals surface area contributed by atoms with Gasteiger partial charge in [0.05, 0.1) is 20.3 Å². The minimum absolute atomic E-state index is 0.0660. The van der Waals surface area contributed by atoms with Gasteiger partial charge >= 0.3 is 6.03 Å². The van der Waals surface area contributed by atoms with E-state index in [1.165, 1.54) is 0 Å². The second-order valence-corrected chi connectivity index (χ2v) is 7.08. The van der Waals surface area contributed by atoms with Gasteiger partial charge in [-0.2, -0.15) is 0 Å². The smallest absolute Gasteiger partial charge is 0.320 e. The maximum atomic E-state index is 12.6. The molecule has 1 N–H and O–H groups in total. The number of ether oxygens (including phenoxy) is 3. The number of nitrogens with one attached hydrogen (secondary N) is 1. The molecule has 1 aromatic carbocycles. The van der Waals surface area contributed by atoms with Crippen molar-refractivity contribution in [3.8, 4) is 11.5 Å². The van der Waals surface area contributed by atoms with Crippen LogP contribution in [0.1, 0.15) is 12.8 Å². The fourth-order valence-corrected chi connectivity index (χ4v) is 3.55. The summed E-state index contributed by atoms with van der Waals surface area (Å²) in [5.74, 6) is 1.22. The van der Waals surface area contributed by atoms with Crippen molar-refractivity contribution in [1.29, 1.82) is 0 Å². The third-order valence-corrected chi connectivity index (χ3v) is 5.09. The highest BCUT2D eigenvalue weighted by atomic mass is 16.5. The number of hydrogen-bond acceptors (Lipinski definition) is 5. The first-order chi connectivity index (χ1) is 13.7. The van der Waals surface area contributed by atoms with E-state index in [0.29, 0.717) is 50.9 Å². The number of amides is 3. The fraction of sp³-hybridized carbons (Fsp3) is 0.600. The first kappa shape index (κ1) is 20.3. The van der Waals surface area contributed by atoms with Crippen LogP contribution in [0.5, 0.6) is 11.5 Å². The zero-order chi connectivity index (χ0) is 19.8. The van der Waals surface area contributed by atoms with Crippen molar-refractivity contribution in [2.75, 3.05) is 59.7 Å². The van der Waals surface area contributed by atoms with Crippen LogP contribution in [0.4, 0.5) is 4.79 Å². The lowest BCUT2D eigenvalue weighted by Gasteiger charge is -2.37. The topological polar surface area (TPSA) is 80.3 Å². The number of para-hydroxylation sites is 2. The highest BCUT2D eigenvalue weighted by molar-refractivity contribution is 5.77. The fourth-order valence-electron chi connectivity index (χ4n) is 3.55. The molecular weight excluding hydrogens is 362 g/mol. The van der Waals surface area contributed by atoms with Crippen molar-refractivity contribution >= 4 is 11.9 Å². The molecule has 2 aliphatic rings. The third-order valence-electron chi connectivity index (χ3n) is 5.09. The lowest BCUT2D eigenvalue weighted by molar-refractivity contribution is -0.123. The van der Waals surface area contributed by atoms with Crippen LogP contribution in [0.2, 0.25) is 0 Å². The third kappa shape index (κ3) is 5.51. The molecule has 8 nitrogen and oxygen atoms in total. The van der Waals surface area contributed by atoms with Gasteiger partial charge in [0, 0.05) is 32.7 Å². The predicted octanol–water partition coefficient (Wildman–Crippen LogP) is 1.35. The molecule has 0 saturated carbocycles. The van der Waals surface area contributed by atoms with E-state index in [9.17, 15) is 9.59 Å². The Morgan fingerprint density at radius 2 is 1.89 bits per heavy atom. The van der Waals surface area contributed by atoms with Gasteiger partial charge in [-0.1, -0.05) is 12.1 Å². The molecular formula is C20H29N3O5. The molecule has 28 heavy (non-hydrogen) atoms. The zero-order valence-electron chi connectivity index (χ0n) is 16.4. The minimum atomic E-state index is -0.178. The first-order valence-electron chi connectivity index (χ1n) is 9.81. The van der Waals surface area contributed by atoms with Crippen LogP contribution in [0.15, 0.2) is 24.3 Å². The minimum Gasteiger partial charge on any atom is -0.493 e. The molecule has 1 aromatic rings. The van der Waals surface area contributed by atoms with Gasteiger partial charge in [0.25, 0.3) is 5.91 Å². The Bertz CT molecular complexity index is 663. The number of morpholine rings is 1. The van der Waals surface area contributed by atoms with Crippen molar-refractivity contribution < 1.29 is 23.8 Å². The summed E-state index contributed by atoms with van der Waals surface area (Å²) in [6.07, 6.45) is 1.95. The molecule has 0 spiro atoms. The number of methoxy groups -OCH3 is 1. The monoisotopic (exact) mass is 391 g/mol. The molecule has 2 heterocycles.